The molecule has 0 bridgehead atoms. The zero-order chi connectivity index (χ0) is 10.1. The third kappa shape index (κ3) is 1.74. The second kappa shape index (κ2) is 3.72. The van der Waals surface area contributed by atoms with Crippen LogP contribution < -0.4 is 0 Å². The zero-order valence-corrected chi connectivity index (χ0v) is 8.67. The van der Waals surface area contributed by atoms with Crippen LogP contribution in [0.4, 0.5) is 0 Å². The molecule has 0 saturated heterocycles. The number of carbonyl (C=O) groups excluding carboxylic acids is 1. The smallest absolute Gasteiger partial charge is 0.335 e. The van der Waals surface area contributed by atoms with Crippen LogP contribution in [0.5, 0.6) is 0 Å². The lowest BCUT2D eigenvalue weighted by Gasteiger charge is -2.28. The predicted molar refractivity (Wildman–Crippen MR) is 49.3 cm³/mol. The number of halogens is 2. The number of hydrogen-bond acceptors (Lipinski definition) is 4. The fourth-order valence-electron chi connectivity index (χ4n) is 0.995. The van der Waals surface area contributed by atoms with E-state index < -0.39 is 22.4 Å². The van der Waals surface area contributed by atoms with E-state index in [2.05, 4.69) is 9.73 Å². The molecule has 0 N–H and O–H groups in total. The van der Waals surface area contributed by atoms with Gasteiger partial charge < -0.3 is 9.47 Å². The Balaban J connectivity index is 2.84. The maximum atomic E-state index is 11.2. The van der Waals surface area contributed by atoms with Crippen LogP contribution in [0.25, 0.3) is 0 Å². The Morgan fingerprint density at radius 2 is 2.38 bits per heavy atom. The van der Waals surface area contributed by atoms with Gasteiger partial charge in [0, 0.05) is 0 Å². The van der Waals surface area contributed by atoms with Crippen molar-refractivity contribution in [1.29, 1.82) is 0 Å². The van der Waals surface area contributed by atoms with Gasteiger partial charge in [0.2, 0.25) is 0 Å². The summed E-state index contributed by atoms with van der Waals surface area (Å²) in [6.45, 7) is 1.60. The monoisotopic (exact) mass is 225 g/mol. The molecule has 1 heterocycles. The van der Waals surface area contributed by atoms with Crippen molar-refractivity contribution < 1.29 is 14.3 Å². The second-order valence-corrected chi connectivity index (χ2v) is 3.88. The van der Waals surface area contributed by atoms with Gasteiger partial charge in [0.15, 0.2) is 18.0 Å². The first-order valence-electron chi connectivity index (χ1n) is 3.58. The average molecular weight is 226 g/mol. The first-order chi connectivity index (χ1) is 6.02. The molecule has 0 aromatic rings. The lowest BCUT2D eigenvalue weighted by atomic mass is 10.00. The molecule has 0 amide bonds. The first-order valence-corrected chi connectivity index (χ1v) is 4.45. The van der Waals surface area contributed by atoms with Gasteiger partial charge in [0.05, 0.1) is 7.11 Å². The highest BCUT2D eigenvalue weighted by Gasteiger charge is 2.49. The number of ether oxygens (including phenoxy) is 2. The van der Waals surface area contributed by atoms with Crippen molar-refractivity contribution in [1.82, 2.24) is 0 Å². The van der Waals surface area contributed by atoms with Gasteiger partial charge in [-0.25, -0.2) is 9.79 Å². The Morgan fingerprint density at radius 3 is 2.85 bits per heavy atom. The summed E-state index contributed by atoms with van der Waals surface area (Å²) >= 11 is 11.3. The maximum absolute atomic E-state index is 11.2. The van der Waals surface area contributed by atoms with Crippen molar-refractivity contribution in [3.8, 4) is 0 Å². The summed E-state index contributed by atoms with van der Waals surface area (Å²) in [4.78, 5) is 14.1. The molecule has 1 rings (SSSR count). The number of rotatable bonds is 2. The highest BCUT2D eigenvalue weighted by Crippen LogP contribution is 2.32. The number of aliphatic imine (C=N–C) groups is 1. The zero-order valence-electron chi connectivity index (χ0n) is 7.16. The Labute approximate surface area is 85.8 Å². The Bertz CT molecular complexity index is 244. The maximum Gasteiger partial charge on any atom is 0.335 e. The van der Waals surface area contributed by atoms with E-state index in [1.165, 1.54) is 13.5 Å². The molecule has 0 aliphatic carbocycles. The highest BCUT2D eigenvalue weighted by atomic mass is 35.5. The molecule has 2 atom stereocenters. The van der Waals surface area contributed by atoms with Crippen molar-refractivity contribution in [3.63, 3.8) is 0 Å². The minimum Gasteiger partial charge on any atom is -0.472 e. The van der Waals surface area contributed by atoms with Gasteiger partial charge in [0.1, 0.15) is 4.84 Å². The summed E-state index contributed by atoms with van der Waals surface area (Å²) in [6, 6.07) is -0.794. The fourth-order valence-corrected chi connectivity index (χ4v) is 1.34. The molecule has 4 nitrogen and oxygen atoms in total. The van der Waals surface area contributed by atoms with Crippen molar-refractivity contribution in [3.05, 3.63) is 0 Å². The minimum atomic E-state index is -1.03. The van der Waals surface area contributed by atoms with Crippen LogP contribution >= 0.6 is 23.2 Å². The SMILES string of the molecule is COC(=O)[C@H]1N=CO[C@]1(C)C(Cl)Cl. The largest absolute Gasteiger partial charge is 0.472 e. The van der Waals surface area contributed by atoms with E-state index in [0.717, 1.165) is 0 Å². The minimum absolute atomic E-state index is 0.512. The lowest BCUT2D eigenvalue weighted by Crippen LogP contribution is -2.47. The van der Waals surface area contributed by atoms with Crippen LogP contribution in [0.1, 0.15) is 6.92 Å². The summed E-state index contributed by atoms with van der Waals surface area (Å²) in [7, 11) is 1.27. The fraction of sp³-hybridized carbons (Fsp3) is 0.714. The summed E-state index contributed by atoms with van der Waals surface area (Å²) in [6.07, 6.45) is 1.17. The number of methoxy groups -OCH3 is 1. The van der Waals surface area contributed by atoms with Crippen molar-refractivity contribution in [2.75, 3.05) is 7.11 Å². The van der Waals surface area contributed by atoms with E-state index in [-0.39, 0.29) is 0 Å². The Morgan fingerprint density at radius 1 is 1.77 bits per heavy atom. The Kier molecular flexibility index (Phi) is 3.03. The number of esters is 1. The number of carbonyl (C=O) groups is 1. The molecular formula is C7H9Cl2NO3. The number of alkyl halides is 2. The van der Waals surface area contributed by atoms with Crippen LogP contribution in [0.15, 0.2) is 4.99 Å². The van der Waals surface area contributed by atoms with Crippen molar-refractivity contribution >= 4 is 35.6 Å². The molecule has 0 unspecified atom stereocenters. The van der Waals surface area contributed by atoms with E-state index >= 15 is 0 Å². The second-order valence-electron chi connectivity index (χ2n) is 2.78. The quantitative estimate of drug-likeness (QED) is 0.524. The van der Waals surface area contributed by atoms with Gasteiger partial charge in [-0.15, -0.1) is 23.2 Å². The normalized spacial score (nSPS) is 31.9. The van der Waals surface area contributed by atoms with Crippen LogP contribution in [0, 0.1) is 0 Å². The molecule has 1 aliphatic rings. The molecule has 0 fully saturated rings. The molecule has 74 valence electrons. The molecular weight excluding hydrogens is 217 g/mol. The molecule has 0 spiro atoms. The van der Waals surface area contributed by atoms with E-state index in [1.54, 1.807) is 6.92 Å². The van der Waals surface area contributed by atoms with Crippen molar-refractivity contribution in [2.45, 2.75) is 23.4 Å². The third-order valence-corrected chi connectivity index (χ3v) is 2.78. The van der Waals surface area contributed by atoms with E-state index in [4.69, 9.17) is 27.9 Å². The molecule has 0 radical (unpaired) electrons. The Hall–Kier alpha value is -0.480. The van der Waals surface area contributed by atoms with Crippen LogP contribution in [0.3, 0.4) is 0 Å². The first kappa shape index (κ1) is 10.6. The molecule has 0 aromatic carbocycles. The van der Waals surface area contributed by atoms with Gasteiger partial charge >= 0.3 is 5.97 Å². The summed E-state index contributed by atoms with van der Waals surface area (Å²) in [5, 5.41) is 0. The van der Waals surface area contributed by atoms with Crippen LogP contribution in [-0.2, 0) is 14.3 Å². The van der Waals surface area contributed by atoms with Gasteiger partial charge in [-0.05, 0) is 6.92 Å². The summed E-state index contributed by atoms with van der Waals surface area (Å²) < 4.78 is 9.61. The van der Waals surface area contributed by atoms with Crippen LogP contribution in [0.2, 0.25) is 0 Å². The standard InChI is InChI=1S/C7H9Cl2NO3/c1-7(6(8)9)4(5(11)12-2)10-3-13-7/h3-4,6H,1-2H3/t4-,7+/m1/s1. The third-order valence-electron chi connectivity index (χ3n) is 1.92. The average Bonchev–Trinajstić information content (AvgIpc) is 2.47. The molecule has 13 heavy (non-hydrogen) atoms. The lowest BCUT2D eigenvalue weighted by molar-refractivity contribution is -0.145. The highest BCUT2D eigenvalue weighted by molar-refractivity contribution is 6.45. The molecule has 0 aromatic heterocycles. The number of nitrogens with zero attached hydrogens (tertiary/aromatic N) is 1. The molecule has 1 aliphatic heterocycles. The van der Waals surface area contributed by atoms with E-state index in [1.807, 2.05) is 0 Å². The van der Waals surface area contributed by atoms with Gasteiger partial charge in [-0.1, -0.05) is 0 Å². The molecule has 6 heteroatoms. The van der Waals surface area contributed by atoms with Crippen LogP contribution in [-0.4, -0.2) is 36.0 Å². The van der Waals surface area contributed by atoms with Gasteiger partial charge in [-0.3, -0.25) is 0 Å². The topological polar surface area (TPSA) is 47.9 Å². The van der Waals surface area contributed by atoms with Gasteiger partial charge in [-0.2, -0.15) is 0 Å². The molecule has 0 saturated carbocycles. The summed E-state index contributed by atoms with van der Waals surface area (Å²) in [5.74, 6) is -0.512. The van der Waals surface area contributed by atoms with Crippen molar-refractivity contribution in [2.24, 2.45) is 4.99 Å². The van der Waals surface area contributed by atoms with Gasteiger partial charge in [0.25, 0.3) is 0 Å². The predicted octanol–water partition coefficient (Wildman–Crippen LogP) is 1.15. The van der Waals surface area contributed by atoms with E-state index in [9.17, 15) is 4.79 Å². The number of hydrogen-bond donors (Lipinski definition) is 0. The summed E-state index contributed by atoms with van der Waals surface area (Å²) in [5.41, 5.74) is -1.03. The van der Waals surface area contributed by atoms with E-state index in [0.29, 0.717) is 0 Å².